The Hall–Kier alpha value is -1.87. The van der Waals surface area contributed by atoms with Gasteiger partial charge in [0.25, 0.3) is 0 Å². The molecule has 2 aromatic rings. The molecule has 2 nitrogen and oxygen atoms in total. The molecule has 0 atom stereocenters. The Morgan fingerprint density at radius 3 is 2.64 bits per heavy atom. The summed E-state index contributed by atoms with van der Waals surface area (Å²) in [5.74, 6) is 0.00444. The van der Waals surface area contributed by atoms with E-state index in [0.29, 0.717) is 5.56 Å². The van der Waals surface area contributed by atoms with Gasteiger partial charge in [-0.3, -0.25) is 4.79 Å². The third-order valence-corrected chi connectivity index (χ3v) is 4.53. The number of carbonyl (C=O) groups is 1. The first-order valence-electron chi connectivity index (χ1n) is 7.58. The van der Waals surface area contributed by atoms with Crippen LogP contribution in [0, 0.1) is 0 Å². The van der Waals surface area contributed by atoms with Gasteiger partial charge in [0.05, 0.1) is 0 Å². The topological polar surface area (TPSA) is 29.1 Å². The number of benzene rings is 2. The molecule has 22 heavy (non-hydrogen) atoms. The van der Waals surface area contributed by atoms with Gasteiger partial charge in [0.2, 0.25) is 0 Å². The van der Waals surface area contributed by atoms with Crippen LogP contribution in [0.1, 0.15) is 34.3 Å². The second kappa shape index (κ2) is 6.93. The van der Waals surface area contributed by atoms with E-state index in [9.17, 15) is 4.79 Å². The van der Waals surface area contributed by atoms with Crippen LogP contribution in [0.4, 0.5) is 5.69 Å². The third-order valence-electron chi connectivity index (χ3n) is 4.00. The standard InChI is InChI=1S/C19H18BrNO/c20-16-10-8-15(9-11-16)19(22)12-13-21-18-7-3-5-14-4-1-2-6-17(14)18/h3,5,7-13,21H,1-2,4,6H2/b13-12+. The predicted molar refractivity (Wildman–Crippen MR) is 94.3 cm³/mol. The number of nitrogens with one attached hydrogen (secondary N) is 1. The maximum atomic E-state index is 12.1. The van der Waals surface area contributed by atoms with Crippen molar-refractivity contribution in [2.75, 3.05) is 5.32 Å². The van der Waals surface area contributed by atoms with Crippen LogP contribution in [0.3, 0.4) is 0 Å². The number of carbonyl (C=O) groups excluding carboxylic acids is 1. The van der Waals surface area contributed by atoms with E-state index in [4.69, 9.17) is 0 Å². The highest BCUT2D eigenvalue weighted by molar-refractivity contribution is 9.10. The molecule has 0 amide bonds. The molecule has 112 valence electrons. The van der Waals surface area contributed by atoms with Crippen molar-refractivity contribution < 1.29 is 4.79 Å². The van der Waals surface area contributed by atoms with E-state index in [2.05, 4.69) is 39.4 Å². The zero-order valence-electron chi connectivity index (χ0n) is 12.3. The van der Waals surface area contributed by atoms with Gasteiger partial charge in [-0.25, -0.2) is 0 Å². The number of allylic oxidation sites excluding steroid dienone is 1. The zero-order valence-corrected chi connectivity index (χ0v) is 13.9. The minimum atomic E-state index is 0.00444. The summed E-state index contributed by atoms with van der Waals surface area (Å²) in [5, 5.41) is 3.27. The summed E-state index contributed by atoms with van der Waals surface area (Å²) in [4.78, 5) is 12.1. The van der Waals surface area contributed by atoms with E-state index in [-0.39, 0.29) is 5.78 Å². The molecular weight excluding hydrogens is 338 g/mol. The molecule has 1 aliphatic carbocycles. The van der Waals surface area contributed by atoms with Crippen molar-refractivity contribution >= 4 is 27.4 Å². The quantitative estimate of drug-likeness (QED) is 0.607. The average molecular weight is 356 g/mol. The minimum absolute atomic E-state index is 0.00444. The lowest BCUT2D eigenvalue weighted by Crippen LogP contribution is -2.06. The van der Waals surface area contributed by atoms with Gasteiger partial charge in [-0.2, -0.15) is 0 Å². The summed E-state index contributed by atoms with van der Waals surface area (Å²) in [5.41, 5.74) is 4.65. The van der Waals surface area contributed by atoms with Crippen LogP contribution < -0.4 is 5.32 Å². The van der Waals surface area contributed by atoms with Gasteiger partial charge in [0.15, 0.2) is 5.78 Å². The monoisotopic (exact) mass is 355 g/mol. The third kappa shape index (κ3) is 3.47. The van der Waals surface area contributed by atoms with Crippen LogP contribution in [0.25, 0.3) is 0 Å². The van der Waals surface area contributed by atoms with Crippen molar-refractivity contribution in [1.82, 2.24) is 0 Å². The Balaban J connectivity index is 1.70. The van der Waals surface area contributed by atoms with Crippen molar-refractivity contribution in [3.8, 4) is 0 Å². The van der Waals surface area contributed by atoms with Gasteiger partial charge in [0.1, 0.15) is 0 Å². The van der Waals surface area contributed by atoms with Gasteiger partial charge >= 0.3 is 0 Å². The number of rotatable bonds is 4. The van der Waals surface area contributed by atoms with Gasteiger partial charge < -0.3 is 5.32 Å². The average Bonchev–Trinajstić information content (AvgIpc) is 2.55. The zero-order chi connectivity index (χ0) is 15.4. The molecule has 0 saturated heterocycles. The fraction of sp³-hybridized carbons (Fsp3) is 0.211. The molecule has 0 heterocycles. The summed E-state index contributed by atoms with van der Waals surface area (Å²) < 4.78 is 0.974. The molecule has 2 aromatic carbocycles. The summed E-state index contributed by atoms with van der Waals surface area (Å²) in [6, 6.07) is 13.8. The highest BCUT2D eigenvalue weighted by atomic mass is 79.9. The van der Waals surface area contributed by atoms with Crippen molar-refractivity contribution in [2.45, 2.75) is 25.7 Å². The fourth-order valence-electron chi connectivity index (χ4n) is 2.83. The van der Waals surface area contributed by atoms with E-state index < -0.39 is 0 Å². The normalized spacial score (nSPS) is 13.9. The second-order valence-electron chi connectivity index (χ2n) is 5.50. The second-order valence-corrected chi connectivity index (χ2v) is 6.41. The Bertz CT molecular complexity index is 704. The summed E-state index contributed by atoms with van der Waals surface area (Å²) >= 11 is 3.37. The molecule has 0 unspecified atom stereocenters. The van der Waals surface area contributed by atoms with Gasteiger partial charge in [-0.05, 0) is 67.1 Å². The van der Waals surface area contributed by atoms with Crippen molar-refractivity contribution in [3.05, 3.63) is 75.9 Å². The lowest BCUT2D eigenvalue weighted by atomic mass is 9.90. The van der Waals surface area contributed by atoms with Crippen LogP contribution in [0.5, 0.6) is 0 Å². The van der Waals surface area contributed by atoms with Crippen LogP contribution in [0.15, 0.2) is 59.2 Å². The first-order valence-corrected chi connectivity index (χ1v) is 8.37. The maximum Gasteiger partial charge on any atom is 0.187 e. The number of aryl methyl sites for hydroxylation is 1. The van der Waals surface area contributed by atoms with Crippen molar-refractivity contribution in [1.29, 1.82) is 0 Å². The van der Waals surface area contributed by atoms with Crippen LogP contribution >= 0.6 is 15.9 Å². The lowest BCUT2D eigenvalue weighted by Gasteiger charge is -2.18. The molecule has 0 bridgehead atoms. The van der Waals surface area contributed by atoms with Gasteiger partial charge in [-0.1, -0.05) is 28.1 Å². The van der Waals surface area contributed by atoms with Crippen molar-refractivity contribution in [2.24, 2.45) is 0 Å². The van der Waals surface area contributed by atoms with Crippen LogP contribution in [-0.2, 0) is 12.8 Å². The van der Waals surface area contributed by atoms with E-state index >= 15 is 0 Å². The Morgan fingerprint density at radius 1 is 1.05 bits per heavy atom. The Kier molecular flexibility index (Phi) is 4.74. The number of fused-ring (bicyclic) bond motifs is 1. The highest BCUT2D eigenvalue weighted by Crippen LogP contribution is 2.27. The molecule has 0 aliphatic heterocycles. The Morgan fingerprint density at radius 2 is 1.82 bits per heavy atom. The molecule has 0 spiro atoms. The maximum absolute atomic E-state index is 12.1. The Labute approximate surface area is 139 Å². The first-order chi connectivity index (χ1) is 10.7. The molecule has 0 radical (unpaired) electrons. The summed E-state index contributed by atoms with van der Waals surface area (Å²) in [7, 11) is 0. The lowest BCUT2D eigenvalue weighted by molar-refractivity contribution is 0.104. The molecule has 0 aromatic heterocycles. The molecule has 3 heteroatoms. The minimum Gasteiger partial charge on any atom is -0.361 e. The van der Waals surface area contributed by atoms with Crippen LogP contribution in [-0.4, -0.2) is 5.78 Å². The first kappa shape index (κ1) is 15.0. The summed E-state index contributed by atoms with van der Waals surface area (Å²) in [6.45, 7) is 0. The van der Waals surface area contributed by atoms with Crippen molar-refractivity contribution in [3.63, 3.8) is 0 Å². The molecule has 1 N–H and O–H groups in total. The summed E-state index contributed by atoms with van der Waals surface area (Å²) in [6.07, 6.45) is 8.13. The predicted octanol–water partition coefficient (Wildman–Crippen LogP) is 5.14. The van der Waals surface area contributed by atoms with Gasteiger partial charge in [-0.15, -0.1) is 0 Å². The largest absolute Gasteiger partial charge is 0.361 e. The smallest absolute Gasteiger partial charge is 0.187 e. The van der Waals surface area contributed by atoms with E-state index in [1.807, 2.05) is 24.3 Å². The van der Waals surface area contributed by atoms with E-state index in [0.717, 1.165) is 23.0 Å². The number of anilines is 1. The number of ketones is 1. The SMILES string of the molecule is O=C(/C=C/Nc1cccc2c1CCCC2)c1ccc(Br)cc1. The number of hydrogen-bond acceptors (Lipinski definition) is 2. The molecule has 0 saturated carbocycles. The highest BCUT2D eigenvalue weighted by Gasteiger charge is 2.11. The number of hydrogen-bond donors (Lipinski definition) is 1. The van der Waals surface area contributed by atoms with Crippen LogP contribution in [0.2, 0.25) is 0 Å². The van der Waals surface area contributed by atoms with E-state index in [1.165, 1.54) is 24.0 Å². The van der Waals surface area contributed by atoms with Gasteiger partial charge in [0, 0.05) is 28.0 Å². The molecule has 3 rings (SSSR count). The molecule has 1 aliphatic rings. The fourth-order valence-corrected chi connectivity index (χ4v) is 3.10. The molecular formula is C19H18BrNO. The van der Waals surface area contributed by atoms with E-state index in [1.54, 1.807) is 12.3 Å². The number of halogens is 1. The molecule has 0 fully saturated rings.